The number of para-hydroxylation sites is 1. The molecule has 2 heterocycles. The summed E-state index contributed by atoms with van der Waals surface area (Å²) in [6.07, 6.45) is 0. The Morgan fingerprint density at radius 1 is 0.471 bits per heavy atom. The average molecular weight is 691 g/mol. The van der Waals surface area contributed by atoms with Crippen LogP contribution in [0.5, 0.6) is 0 Å². The zero-order valence-electron chi connectivity index (χ0n) is 29.0. The van der Waals surface area contributed by atoms with Crippen LogP contribution in [0.4, 0.5) is 17.1 Å². The summed E-state index contributed by atoms with van der Waals surface area (Å²) in [6.45, 7) is 7.21. The van der Waals surface area contributed by atoms with Crippen molar-refractivity contribution in [1.82, 2.24) is 4.57 Å². The van der Waals surface area contributed by atoms with Gasteiger partial charge < -0.3 is 9.47 Å². The lowest BCUT2D eigenvalue weighted by Crippen LogP contribution is -2.37. The monoisotopic (exact) mass is 690 g/mol. The first-order valence-corrected chi connectivity index (χ1v) is 21.9. The molecule has 0 radical (unpaired) electrons. The maximum atomic E-state index is 2.44. The Morgan fingerprint density at radius 2 is 1.04 bits per heavy atom. The molecule has 0 aliphatic rings. The first-order valence-electron chi connectivity index (χ1n) is 17.6. The molecule has 2 aromatic heterocycles. The minimum absolute atomic E-state index is 1.13. The number of nitrogens with zero attached hydrogens (tertiary/aromatic N) is 2. The molecule has 0 aliphatic heterocycles. The molecule has 2 nitrogen and oxygen atoms in total. The number of hydrogen-bond donors (Lipinski definition) is 0. The van der Waals surface area contributed by atoms with E-state index in [1.807, 2.05) is 11.3 Å². The lowest BCUT2D eigenvalue weighted by molar-refractivity contribution is 1.19. The fraction of sp³-hybridized carbons (Fsp3) is 0.0638. The molecule has 0 bridgehead atoms. The first-order chi connectivity index (χ1) is 24.9. The van der Waals surface area contributed by atoms with Gasteiger partial charge in [-0.05, 0) is 82.9 Å². The van der Waals surface area contributed by atoms with Gasteiger partial charge in [0.15, 0.2) is 0 Å². The minimum atomic E-state index is -1.43. The van der Waals surface area contributed by atoms with Gasteiger partial charge in [0, 0.05) is 38.2 Å². The maximum Gasteiger partial charge on any atom is 0.0775 e. The zero-order valence-corrected chi connectivity index (χ0v) is 30.9. The van der Waals surface area contributed by atoms with Gasteiger partial charge in [0.1, 0.15) is 0 Å². The van der Waals surface area contributed by atoms with Crippen LogP contribution in [0.3, 0.4) is 0 Å². The van der Waals surface area contributed by atoms with Gasteiger partial charge in [-0.25, -0.2) is 0 Å². The number of fused-ring (bicyclic) bond motifs is 5. The Hall–Kier alpha value is -5.68. The van der Waals surface area contributed by atoms with Crippen LogP contribution in [0.15, 0.2) is 176 Å². The fourth-order valence-corrected chi connectivity index (χ4v) is 9.69. The van der Waals surface area contributed by atoms with Crippen molar-refractivity contribution in [2.75, 3.05) is 4.90 Å². The van der Waals surface area contributed by atoms with Crippen LogP contribution in [0.2, 0.25) is 19.6 Å². The van der Waals surface area contributed by atoms with Crippen LogP contribution in [0.25, 0.3) is 59.1 Å². The topological polar surface area (TPSA) is 8.17 Å². The van der Waals surface area contributed by atoms with Crippen LogP contribution >= 0.6 is 11.3 Å². The highest BCUT2D eigenvalue weighted by molar-refractivity contribution is 7.26. The summed E-state index contributed by atoms with van der Waals surface area (Å²) in [6, 6.07) is 64.4. The summed E-state index contributed by atoms with van der Waals surface area (Å²) in [4.78, 5) is 2.38. The van der Waals surface area contributed by atoms with E-state index in [1.165, 1.54) is 64.3 Å². The second kappa shape index (κ2) is 12.6. The summed E-state index contributed by atoms with van der Waals surface area (Å²) in [5.41, 5.74) is 11.9. The number of anilines is 3. The van der Waals surface area contributed by atoms with E-state index in [0.717, 1.165) is 17.1 Å². The Morgan fingerprint density at radius 3 is 1.76 bits per heavy atom. The number of aromatic nitrogens is 1. The normalized spacial score (nSPS) is 11.8. The molecule has 0 unspecified atom stereocenters. The largest absolute Gasteiger partial charge is 0.310 e. The van der Waals surface area contributed by atoms with Gasteiger partial charge in [0.2, 0.25) is 0 Å². The molecule has 51 heavy (non-hydrogen) atoms. The van der Waals surface area contributed by atoms with E-state index in [1.54, 1.807) is 0 Å². The van der Waals surface area contributed by atoms with Crippen molar-refractivity contribution < 1.29 is 0 Å². The van der Waals surface area contributed by atoms with E-state index in [2.05, 4.69) is 205 Å². The molecule has 9 rings (SSSR count). The highest BCUT2D eigenvalue weighted by atomic mass is 32.1. The lowest BCUT2D eigenvalue weighted by atomic mass is 10.0. The number of thiophene rings is 1. The minimum Gasteiger partial charge on any atom is -0.310 e. The van der Waals surface area contributed by atoms with Gasteiger partial charge in [0.25, 0.3) is 0 Å². The molecule has 0 spiro atoms. The molecular formula is C47H38N2SSi. The molecular weight excluding hydrogens is 653 g/mol. The average Bonchev–Trinajstić information content (AvgIpc) is 3.71. The van der Waals surface area contributed by atoms with Crippen LogP contribution < -0.4 is 10.1 Å². The number of rotatable bonds is 7. The van der Waals surface area contributed by atoms with Crippen LogP contribution in [0.1, 0.15) is 0 Å². The first kappa shape index (κ1) is 31.3. The molecule has 9 aromatic rings. The SMILES string of the molecule is C[Si](C)(C)c1ccc(N(c2ccc(-c3ccccc3)cc2)c2cccc(-c3ccc(-n4c5ccccc5c5sc6ccccc6c54)cc3)c2)cc1. The third-order valence-electron chi connectivity index (χ3n) is 9.97. The lowest BCUT2D eigenvalue weighted by Gasteiger charge is -2.27. The van der Waals surface area contributed by atoms with Crippen molar-refractivity contribution in [3.8, 4) is 27.9 Å². The second-order valence-electron chi connectivity index (χ2n) is 14.3. The smallest absolute Gasteiger partial charge is 0.0775 e. The van der Waals surface area contributed by atoms with Gasteiger partial charge in [0.05, 0.1) is 23.8 Å². The Labute approximate surface area is 304 Å². The van der Waals surface area contributed by atoms with Crippen molar-refractivity contribution in [2.45, 2.75) is 19.6 Å². The standard InChI is InChI=1S/C47H38N2SSi/c1-51(2,3)41-30-28-38(29-31-41)48(37-24-20-34(21-25-37)33-12-5-4-6-13-33)40-15-11-14-36(32-40)35-22-26-39(27-23-35)49-44-18-9-7-16-42(44)47-46(49)43-17-8-10-19-45(43)50-47/h4-32H,1-3H3. The summed E-state index contributed by atoms with van der Waals surface area (Å²) < 4.78 is 5.11. The summed E-state index contributed by atoms with van der Waals surface area (Å²) in [7, 11) is -1.43. The molecule has 0 aliphatic carbocycles. The summed E-state index contributed by atoms with van der Waals surface area (Å²) >= 11 is 1.88. The summed E-state index contributed by atoms with van der Waals surface area (Å²) in [5, 5.41) is 4.07. The number of benzene rings is 7. The van der Waals surface area contributed by atoms with Gasteiger partial charge >= 0.3 is 0 Å². The molecule has 0 saturated carbocycles. The predicted molar refractivity (Wildman–Crippen MR) is 225 cm³/mol. The van der Waals surface area contributed by atoms with Crippen LogP contribution in [-0.4, -0.2) is 12.6 Å². The van der Waals surface area contributed by atoms with Crippen molar-refractivity contribution in [3.63, 3.8) is 0 Å². The highest BCUT2D eigenvalue weighted by Gasteiger charge is 2.20. The molecule has 246 valence electrons. The van der Waals surface area contributed by atoms with Crippen molar-refractivity contribution in [1.29, 1.82) is 0 Å². The highest BCUT2D eigenvalue weighted by Crippen LogP contribution is 2.43. The second-order valence-corrected chi connectivity index (χ2v) is 20.4. The quantitative estimate of drug-likeness (QED) is 0.151. The molecule has 0 saturated heterocycles. The van der Waals surface area contributed by atoms with Crippen molar-refractivity contribution in [3.05, 3.63) is 176 Å². The molecule has 0 fully saturated rings. The van der Waals surface area contributed by atoms with E-state index in [4.69, 9.17) is 0 Å². The molecule has 0 amide bonds. The number of hydrogen-bond acceptors (Lipinski definition) is 2. The Balaban J connectivity index is 1.11. The van der Waals surface area contributed by atoms with Gasteiger partial charge in [-0.15, -0.1) is 11.3 Å². The molecule has 0 N–H and O–H groups in total. The van der Waals surface area contributed by atoms with E-state index >= 15 is 0 Å². The predicted octanol–water partition coefficient (Wildman–Crippen LogP) is 13.3. The molecule has 0 atom stereocenters. The van der Waals surface area contributed by atoms with Crippen molar-refractivity contribution >= 4 is 72.9 Å². The van der Waals surface area contributed by atoms with E-state index < -0.39 is 8.07 Å². The van der Waals surface area contributed by atoms with E-state index in [-0.39, 0.29) is 0 Å². The summed E-state index contributed by atoms with van der Waals surface area (Å²) in [5.74, 6) is 0. The Bertz CT molecular complexity index is 2640. The zero-order chi connectivity index (χ0) is 34.5. The fourth-order valence-electron chi connectivity index (χ4n) is 7.30. The van der Waals surface area contributed by atoms with Gasteiger partial charge in [-0.2, -0.15) is 0 Å². The maximum absolute atomic E-state index is 2.44. The van der Waals surface area contributed by atoms with E-state index in [0.29, 0.717) is 0 Å². The van der Waals surface area contributed by atoms with Gasteiger partial charge in [-0.3, -0.25) is 0 Å². The van der Waals surface area contributed by atoms with Crippen LogP contribution in [0, 0.1) is 0 Å². The Kier molecular flexibility index (Phi) is 7.72. The van der Waals surface area contributed by atoms with Crippen LogP contribution in [-0.2, 0) is 0 Å². The third-order valence-corrected chi connectivity index (χ3v) is 13.2. The van der Waals surface area contributed by atoms with Crippen molar-refractivity contribution in [2.24, 2.45) is 0 Å². The molecule has 4 heteroatoms. The third kappa shape index (κ3) is 5.67. The van der Waals surface area contributed by atoms with E-state index in [9.17, 15) is 0 Å². The molecule has 7 aromatic carbocycles. The van der Waals surface area contributed by atoms with Gasteiger partial charge in [-0.1, -0.05) is 140 Å².